The molecule has 0 aliphatic heterocycles. The van der Waals surface area contributed by atoms with E-state index in [1.54, 1.807) is 6.20 Å². The van der Waals surface area contributed by atoms with Crippen LogP contribution in [0.15, 0.2) is 60.8 Å². The van der Waals surface area contributed by atoms with E-state index < -0.39 is 0 Å². The van der Waals surface area contributed by atoms with Crippen molar-refractivity contribution in [2.24, 2.45) is 0 Å². The molecule has 0 fully saturated rings. The van der Waals surface area contributed by atoms with Crippen LogP contribution in [0.3, 0.4) is 0 Å². The smallest absolute Gasteiger partial charge is 0.251 e. The highest BCUT2D eigenvalue weighted by Crippen LogP contribution is 2.12. The maximum atomic E-state index is 12.1. The Hall–Kier alpha value is -2.68. The third-order valence-electron chi connectivity index (χ3n) is 3.38. The first-order chi connectivity index (χ1) is 10.2. The Balaban J connectivity index is 1.72. The lowest BCUT2D eigenvalue weighted by molar-refractivity contribution is 0.0951. The number of carbonyl (C=O) groups excluding carboxylic acids is 1. The van der Waals surface area contributed by atoms with Gasteiger partial charge in [0.05, 0.1) is 5.52 Å². The van der Waals surface area contributed by atoms with Crippen LogP contribution in [0, 0.1) is 6.92 Å². The van der Waals surface area contributed by atoms with Gasteiger partial charge in [-0.3, -0.25) is 9.78 Å². The third-order valence-corrected chi connectivity index (χ3v) is 3.38. The maximum absolute atomic E-state index is 12.1. The van der Waals surface area contributed by atoms with Crippen molar-refractivity contribution in [3.05, 3.63) is 77.5 Å². The highest BCUT2D eigenvalue weighted by Gasteiger charge is 2.05. The SMILES string of the molecule is Cc1cccc(C(=O)NCc2cnc3ccccc3c2)c1. The van der Waals surface area contributed by atoms with Crippen LogP contribution in [0.5, 0.6) is 0 Å². The molecule has 2 aromatic carbocycles. The zero-order chi connectivity index (χ0) is 14.7. The van der Waals surface area contributed by atoms with Crippen molar-refractivity contribution in [2.75, 3.05) is 0 Å². The van der Waals surface area contributed by atoms with E-state index in [9.17, 15) is 4.79 Å². The van der Waals surface area contributed by atoms with Crippen LogP contribution in [-0.4, -0.2) is 10.9 Å². The number of amides is 1. The van der Waals surface area contributed by atoms with Gasteiger partial charge in [0.25, 0.3) is 5.91 Å². The largest absolute Gasteiger partial charge is 0.348 e. The topological polar surface area (TPSA) is 42.0 Å². The van der Waals surface area contributed by atoms with E-state index in [0.29, 0.717) is 12.1 Å². The van der Waals surface area contributed by atoms with Crippen molar-refractivity contribution in [3.63, 3.8) is 0 Å². The van der Waals surface area contributed by atoms with Crippen molar-refractivity contribution < 1.29 is 4.79 Å². The number of fused-ring (bicyclic) bond motifs is 1. The van der Waals surface area contributed by atoms with Gasteiger partial charge in [-0.25, -0.2) is 0 Å². The van der Waals surface area contributed by atoms with E-state index in [1.807, 2.05) is 55.5 Å². The number of rotatable bonds is 3. The predicted octanol–water partition coefficient (Wildman–Crippen LogP) is 3.47. The molecular formula is C18H16N2O. The molecule has 0 saturated heterocycles. The minimum absolute atomic E-state index is 0.0631. The zero-order valence-corrected chi connectivity index (χ0v) is 11.8. The Morgan fingerprint density at radius 3 is 2.81 bits per heavy atom. The summed E-state index contributed by atoms with van der Waals surface area (Å²) < 4.78 is 0. The average Bonchev–Trinajstić information content (AvgIpc) is 2.52. The first-order valence-corrected chi connectivity index (χ1v) is 6.91. The molecule has 0 saturated carbocycles. The number of hydrogen-bond donors (Lipinski definition) is 1. The van der Waals surface area contributed by atoms with Gasteiger partial charge in [0.15, 0.2) is 0 Å². The number of hydrogen-bond acceptors (Lipinski definition) is 2. The van der Waals surface area contributed by atoms with Crippen LogP contribution in [0.4, 0.5) is 0 Å². The molecule has 21 heavy (non-hydrogen) atoms. The van der Waals surface area contributed by atoms with Crippen molar-refractivity contribution in [3.8, 4) is 0 Å². The Morgan fingerprint density at radius 1 is 1.10 bits per heavy atom. The summed E-state index contributed by atoms with van der Waals surface area (Å²) in [5.41, 5.74) is 3.72. The lowest BCUT2D eigenvalue weighted by Crippen LogP contribution is -2.22. The highest BCUT2D eigenvalue weighted by atomic mass is 16.1. The molecule has 1 aromatic heterocycles. The Morgan fingerprint density at radius 2 is 1.95 bits per heavy atom. The minimum atomic E-state index is -0.0631. The molecule has 0 aliphatic carbocycles. The third kappa shape index (κ3) is 3.08. The number of nitrogens with zero attached hydrogens (tertiary/aromatic N) is 1. The predicted molar refractivity (Wildman–Crippen MR) is 84.1 cm³/mol. The quantitative estimate of drug-likeness (QED) is 0.796. The number of carbonyl (C=O) groups is 1. The van der Waals surface area contributed by atoms with E-state index in [-0.39, 0.29) is 5.91 Å². The number of nitrogens with one attached hydrogen (secondary N) is 1. The molecular weight excluding hydrogens is 260 g/mol. The summed E-state index contributed by atoms with van der Waals surface area (Å²) in [4.78, 5) is 16.5. The molecule has 0 aliphatic rings. The van der Waals surface area contributed by atoms with E-state index in [2.05, 4.69) is 16.4 Å². The fourth-order valence-corrected chi connectivity index (χ4v) is 2.28. The van der Waals surface area contributed by atoms with Crippen LogP contribution in [0.1, 0.15) is 21.5 Å². The molecule has 1 N–H and O–H groups in total. The number of aryl methyl sites for hydroxylation is 1. The van der Waals surface area contributed by atoms with E-state index in [1.165, 1.54) is 0 Å². The first kappa shape index (κ1) is 13.3. The fraction of sp³-hybridized carbons (Fsp3) is 0.111. The first-order valence-electron chi connectivity index (χ1n) is 6.91. The summed E-state index contributed by atoms with van der Waals surface area (Å²) in [6.07, 6.45) is 1.80. The van der Waals surface area contributed by atoms with E-state index in [0.717, 1.165) is 22.0 Å². The molecule has 0 spiro atoms. The molecule has 3 aromatic rings. The molecule has 3 heteroatoms. The summed E-state index contributed by atoms with van der Waals surface area (Å²) in [5, 5.41) is 4.01. The standard InChI is InChI=1S/C18H16N2O/c1-13-5-4-7-16(9-13)18(21)20-12-14-10-15-6-2-3-8-17(15)19-11-14/h2-11H,12H2,1H3,(H,20,21). The molecule has 1 amide bonds. The molecule has 1 heterocycles. The van der Waals surface area contributed by atoms with Gasteiger partial charge in [-0.05, 0) is 36.8 Å². The van der Waals surface area contributed by atoms with Crippen molar-refractivity contribution in [1.29, 1.82) is 0 Å². The monoisotopic (exact) mass is 276 g/mol. The summed E-state index contributed by atoms with van der Waals surface area (Å²) in [6.45, 7) is 2.45. The second-order valence-electron chi connectivity index (χ2n) is 5.09. The minimum Gasteiger partial charge on any atom is -0.348 e. The van der Waals surface area contributed by atoms with Crippen LogP contribution in [0.25, 0.3) is 10.9 Å². The van der Waals surface area contributed by atoms with Crippen LogP contribution in [0.2, 0.25) is 0 Å². The lowest BCUT2D eigenvalue weighted by atomic mass is 10.1. The number of para-hydroxylation sites is 1. The van der Waals surface area contributed by atoms with Gasteiger partial charge in [0.1, 0.15) is 0 Å². The summed E-state index contributed by atoms with van der Waals surface area (Å²) in [5.74, 6) is -0.0631. The molecule has 3 rings (SSSR count). The normalized spacial score (nSPS) is 10.5. The number of aromatic nitrogens is 1. The Bertz CT molecular complexity index is 796. The second-order valence-corrected chi connectivity index (χ2v) is 5.09. The van der Waals surface area contributed by atoms with Crippen LogP contribution < -0.4 is 5.32 Å². The molecule has 0 radical (unpaired) electrons. The Labute approximate surface area is 123 Å². The van der Waals surface area contributed by atoms with Crippen molar-refractivity contribution in [2.45, 2.75) is 13.5 Å². The molecule has 0 bridgehead atoms. The second kappa shape index (κ2) is 5.75. The molecule has 104 valence electrons. The summed E-state index contributed by atoms with van der Waals surface area (Å²) in [6, 6.07) is 17.6. The van der Waals surface area contributed by atoms with Crippen LogP contribution >= 0.6 is 0 Å². The van der Waals surface area contributed by atoms with Gasteiger partial charge in [0, 0.05) is 23.7 Å². The fourth-order valence-electron chi connectivity index (χ4n) is 2.28. The summed E-state index contributed by atoms with van der Waals surface area (Å²) in [7, 11) is 0. The maximum Gasteiger partial charge on any atom is 0.251 e. The molecule has 0 atom stereocenters. The summed E-state index contributed by atoms with van der Waals surface area (Å²) >= 11 is 0. The van der Waals surface area contributed by atoms with Gasteiger partial charge in [-0.15, -0.1) is 0 Å². The Kier molecular flexibility index (Phi) is 3.65. The van der Waals surface area contributed by atoms with E-state index >= 15 is 0 Å². The lowest BCUT2D eigenvalue weighted by Gasteiger charge is -2.07. The highest BCUT2D eigenvalue weighted by molar-refractivity contribution is 5.94. The molecule has 0 unspecified atom stereocenters. The number of pyridine rings is 1. The van der Waals surface area contributed by atoms with E-state index in [4.69, 9.17) is 0 Å². The van der Waals surface area contributed by atoms with Crippen molar-refractivity contribution >= 4 is 16.8 Å². The van der Waals surface area contributed by atoms with Gasteiger partial charge >= 0.3 is 0 Å². The zero-order valence-electron chi connectivity index (χ0n) is 11.8. The van der Waals surface area contributed by atoms with Crippen LogP contribution in [-0.2, 0) is 6.54 Å². The van der Waals surface area contributed by atoms with Gasteiger partial charge in [-0.1, -0.05) is 35.9 Å². The van der Waals surface area contributed by atoms with Crippen molar-refractivity contribution in [1.82, 2.24) is 10.3 Å². The molecule has 3 nitrogen and oxygen atoms in total. The average molecular weight is 276 g/mol. The van der Waals surface area contributed by atoms with Gasteiger partial charge in [-0.2, -0.15) is 0 Å². The van der Waals surface area contributed by atoms with Gasteiger partial charge < -0.3 is 5.32 Å². The van der Waals surface area contributed by atoms with Gasteiger partial charge in [0.2, 0.25) is 0 Å². The number of benzene rings is 2.